The Hall–Kier alpha value is -2.00. The van der Waals surface area contributed by atoms with Gasteiger partial charge in [-0.2, -0.15) is 0 Å². The van der Waals surface area contributed by atoms with Gasteiger partial charge in [-0.05, 0) is 32.1 Å². The van der Waals surface area contributed by atoms with E-state index in [9.17, 15) is 54.5 Å². The highest BCUT2D eigenvalue weighted by Crippen LogP contribution is 2.36. The number of hydrogen-bond donors (Lipinski definition) is 10. The molecule has 0 radical (unpaired) electrons. The fraction of sp³-hybridized carbons (Fsp3) is 0.914. The Morgan fingerprint density at radius 2 is 1.07 bits per heavy atom. The van der Waals surface area contributed by atoms with E-state index in [1.807, 2.05) is 0 Å². The molecule has 0 aromatic rings. The maximum absolute atomic E-state index is 12.7. The van der Waals surface area contributed by atoms with Gasteiger partial charge in [0.1, 0.15) is 73.1 Å². The number of carbonyl (C=O) groups excluding carboxylic acids is 3. The summed E-state index contributed by atoms with van der Waals surface area (Å²) in [6, 6.07) is -4.19. The Kier molecular flexibility index (Phi) is 21.9. The van der Waals surface area contributed by atoms with Crippen molar-refractivity contribution in [3.63, 3.8) is 0 Å². The topological polar surface area (TPSA) is 329 Å². The molecule has 0 saturated carbocycles. The molecule has 16 unspecified atom stereocenters. The van der Waals surface area contributed by atoms with Crippen LogP contribution in [0.5, 0.6) is 0 Å². The van der Waals surface area contributed by atoms with Gasteiger partial charge in [-0.25, -0.2) is 0 Å². The molecule has 59 heavy (non-hydrogen) atoms. The van der Waals surface area contributed by atoms with Crippen LogP contribution in [0.15, 0.2) is 0 Å². The second-order valence-corrected chi connectivity index (χ2v) is 16.5. The zero-order valence-corrected chi connectivity index (χ0v) is 34.9. The number of rotatable bonds is 24. The first-order valence-electron chi connectivity index (χ1n) is 19.6. The van der Waals surface area contributed by atoms with E-state index in [-0.39, 0.29) is 26.4 Å². The predicted octanol–water partition coefficient (Wildman–Crippen LogP) is -3.66. The SMILES string of the molecule is COCCCCCOC1OC(CO)C(O)C(OC2OC(CO)C(O)C(OC3OC(COCCCCOP(C)(=O)O)C(O)C(O)C3NC(C)=O)C2NC(C)=O)C1NC(C)=O. The van der Waals surface area contributed by atoms with Crippen molar-refractivity contribution in [1.29, 1.82) is 0 Å². The second-order valence-electron chi connectivity index (χ2n) is 14.7. The van der Waals surface area contributed by atoms with E-state index in [1.165, 1.54) is 6.92 Å². The maximum atomic E-state index is 12.7. The molecule has 3 aliphatic rings. The van der Waals surface area contributed by atoms with Gasteiger partial charge in [-0.3, -0.25) is 18.9 Å². The molecule has 3 saturated heterocycles. The van der Waals surface area contributed by atoms with Crippen LogP contribution < -0.4 is 16.0 Å². The van der Waals surface area contributed by atoms with Crippen LogP contribution in [0.1, 0.15) is 52.9 Å². The lowest BCUT2D eigenvalue weighted by atomic mass is 9.93. The van der Waals surface area contributed by atoms with E-state index < -0.39 is 130 Å². The molecular formula is C35H64N3O20P. The molecule has 0 aliphatic carbocycles. The minimum atomic E-state index is -3.64. The Morgan fingerprint density at radius 1 is 0.610 bits per heavy atom. The number of nitrogens with one attached hydrogen (secondary N) is 3. The van der Waals surface area contributed by atoms with Gasteiger partial charge in [0.05, 0.1) is 26.4 Å². The summed E-state index contributed by atoms with van der Waals surface area (Å²) in [6.07, 6.45) is -15.6. The normalized spacial score (nSPS) is 36.0. The number of aliphatic hydroxyl groups is 6. The Balaban J connectivity index is 1.90. The minimum absolute atomic E-state index is 0.000890. The molecule has 0 spiro atoms. The summed E-state index contributed by atoms with van der Waals surface area (Å²) < 4.78 is 63.1. The quantitative estimate of drug-likeness (QED) is 0.0330. The van der Waals surface area contributed by atoms with Crippen molar-refractivity contribution in [3.8, 4) is 0 Å². The number of ether oxygens (including phenoxy) is 8. The molecule has 344 valence electrons. The lowest BCUT2D eigenvalue weighted by Gasteiger charge is -2.50. The van der Waals surface area contributed by atoms with Crippen LogP contribution in [-0.2, 0) is 61.4 Å². The van der Waals surface area contributed by atoms with Gasteiger partial charge in [0.25, 0.3) is 0 Å². The molecule has 3 amide bonds. The van der Waals surface area contributed by atoms with Gasteiger partial charge in [0, 0.05) is 54.4 Å². The summed E-state index contributed by atoms with van der Waals surface area (Å²) in [5, 5.41) is 73.2. The molecular weight excluding hydrogens is 813 g/mol. The zero-order valence-electron chi connectivity index (χ0n) is 34.0. The smallest absolute Gasteiger partial charge is 0.325 e. The van der Waals surface area contributed by atoms with E-state index in [1.54, 1.807) is 7.11 Å². The number of hydrogen-bond acceptors (Lipinski definition) is 19. The van der Waals surface area contributed by atoms with Crippen LogP contribution in [0.4, 0.5) is 0 Å². The van der Waals surface area contributed by atoms with Crippen LogP contribution in [-0.4, -0.2) is 205 Å². The highest BCUT2D eigenvalue weighted by atomic mass is 31.2. The summed E-state index contributed by atoms with van der Waals surface area (Å²) in [7, 11) is -2.06. The van der Waals surface area contributed by atoms with Gasteiger partial charge in [0.15, 0.2) is 18.9 Å². The molecule has 3 heterocycles. The summed E-state index contributed by atoms with van der Waals surface area (Å²) in [4.78, 5) is 46.7. The van der Waals surface area contributed by atoms with Crippen molar-refractivity contribution in [2.45, 2.75) is 145 Å². The van der Waals surface area contributed by atoms with Crippen molar-refractivity contribution in [3.05, 3.63) is 0 Å². The van der Waals surface area contributed by atoms with Crippen LogP contribution in [0.3, 0.4) is 0 Å². The zero-order chi connectivity index (χ0) is 43.9. The standard InChI is InChI=1S/C35H64N3O20P/c1-18(41)36-24-30(47)27(44)23(17-51-12-9-10-14-53-59(5,48)49)56-34(24)57-32-26(38-20(3)43)35(55-22(16-40)29(32)46)58-31-25(37-19(2)42)33(54-21(15-39)28(31)45)52-13-8-6-7-11-50-4/h21-35,39-40,44-47H,6-17H2,1-5H3,(H,36,41)(H,37,42)(H,38,43)(H,48,49). The second kappa shape index (κ2) is 25.2. The Bertz CT molecular complexity index is 1330. The molecule has 0 bridgehead atoms. The van der Waals surface area contributed by atoms with Gasteiger partial charge in [-0.15, -0.1) is 0 Å². The average molecular weight is 878 g/mol. The Labute approximate surface area is 342 Å². The number of methoxy groups -OCH3 is 1. The maximum Gasteiger partial charge on any atom is 0.325 e. The first-order valence-corrected chi connectivity index (χ1v) is 21.6. The first-order chi connectivity index (χ1) is 27.9. The predicted molar refractivity (Wildman–Crippen MR) is 200 cm³/mol. The fourth-order valence-electron chi connectivity index (χ4n) is 6.84. The van der Waals surface area contributed by atoms with E-state index in [0.717, 1.165) is 33.4 Å². The fourth-order valence-corrected chi connectivity index (χ4v) is 7.31. The van der Waals surface area contributed by atoms with Gasteiger partial charge < -0.3 is 93.9 Å². The number of amides is 3. The van der Waals surface area contributed by atoms with Gasteiger partial charge in [0.2, 0.25) is 17.7 Å². The third kappa shape index (κ3) is 16.0. The summed E-state index contributed by atoms with van der Waals surface area (Å²) in [6.45, 7) is 3.52. The highest BCUT2D eigenvalue weighted by molar-refractivity contribution is 7.51. The molecule has 0 aromatic carbocycles. The van der Waals surface area contributed by atoms with Crippen LogP contribution in [0.25, 0.3) is 0 Å². The van der Waals surface area contributed by atoms with Crippen molar-refractivity contribution in [1.82, 2.24) is 16.0 Å². The van der Waals surface area contributed by atoms with E-state index in [4.69, 9.17) is 42.4 Å². The van der Waals surface area contributed by atoms with E-state index in [0.29, 0.717) is 25.9 Å². The first kappa shape index (κ1) is 51.4. The van der Waals surface area contributed by atoms with Gasteiger partial charge >= 0.3 is 7.60 Å². The highest BCUT2D eigenvalue weighted by Gasteiger charge is 2.55. The Morgan fingerprint density at radius 3 is 1.59 bits per heavy atom. The summed E-state index contributed by atoms with van der Waals surface area (Å²) >= 11 is 0. The van der Waals surface area contributed by atoms with Crippen LogP contribution >= 0.6 is 7.60 Å². The molecule has 3 aliphatic heterocycles. The number of carbonyl (C=O) groups is 3. The van der Waals surface area contributed by atoms with E-state index in [2.05, 4.69) is 16.0 Å². The van der Waals surface area contributed by atoms with Crippen LogP contribution in [0, 0.1) is 0 Å². The monoisotopic (exact) mass is 877 g/mol. The molecule has 24 heteroatoms. The minimum Gasteiger partial charge on any atom is -0.394 e. The summed E-state index contributed by atoms with van der Waals surface area (Å²) in [5.41, 5.74) is 0. The molecule has 23 nitrogen and oxygen atoms in total. The summed E-state index contributed by atoms with van der Waals surface area (Å²) in [5.74, 6) is -1.90. The van der Waals surface area contributed by atoms with Crippen molar-refractivity contribution in [2.24, 2.45) is 0 Å². The molecule has 3 fully saturated rings. The largest absolute Gasteiger partial charge is 0.394 e. The van der Waals surface area contributed by atoms with Gasteiger partial charge in [-0.1, -0.05) is 0 Å². The third-order valence-corrected chi connectivity index (χ3v) is 10.3. The van der Waals surface area contributed by atoms with E-state index >= 15 is 0 Å². The lowest BCUT2D eigenvalue weighted by molar-refractivity contribution is -0.349. The molecule has 16 atom stereocenters. The third-order valence-electron chi connectivity index (χ3n) is 9.67. The number of unbranched alkanes of at least 4 members (excludes halogenated alkanes) is 3. The lowest BCUT2D eigenvalue weighted by Crippen LogP contribution is -2.71. The van der Waals surface area contributed by atoms with Crippen molar-refractivity contribution in [2.75, 3.05) is 60.0 Å². The average Bonchev–Trinajstić information content (AvgIpc) is 3.16. The van der Waals surface area contributed by atoms with Crippen LogP contribution in [0.2, 0.25) is 0 Å². The molecule has 10 N–H and O–H groups in total. The molecule has 0 aromatic heterocycles. The molecule has 3 rings (SSSR count). The van der Waals surface area contributed by atoms with Crippen molar-refractivity contribution >= 4 is 25.3 Å². The van der Waals surface area contributed by atoms with Crippen molar-refractivity contribution < 1.29 is 96.9 Å². The number of aliphatic hydroxyl groups excluding tert-OH is 6.